The number of anilines is 2. The summed E-state index contributed by atoms with van der Waals surface area (Å²) in [5.74, 6) is -1.39. The minimum Gasteiger partial charge on any atom is -0.478 e. The molecule has 0 unspecified atom stereocenters. The average Bonchev–Trinajstić information content (AvgIpc) is 2.55. The molecule has 132 valence electrons. The third kappa shape index (κ3) is 3.91. The summed E-state index contributed by atoms with van der Waals surface area (Å²) in [6.45, 7) is 2.43. The number of ether oxygens (including phenoxy) is 1. The molecule has 0 bridgehead atoms. The lowest BCUT2D eigenvalue weighted by Gasteiger charge is -2.21. The van der Waals surface area contributed by atoms with E-state index in [9.17, 15) is 18.0 Å². The Morgan fingerprint density at radius 1 is 1.08 bits per heavy atom. The first kappa shape index (κ1) is 18.3. The van der Waals surface area contributed by atoms with Gasteiger partial charge >= 0.3 is 0 Å². The van der Waals surface area contributed by atoms with Gasteiger partial charge in [-0.05, 0) is 24.3 Å². The Balaban J connectivity index is 2.50. The van der Waals surface area contributed by atoms with Gasteiger partial charge in [-0.2, -0.15) is 4.31 Å². The summed E-state index contributed by atoms with van der Waals surface area (Å²) in [6.07, 6.45) is 2.57. The molecule has 0 atom stereocenters. The minimum atomic E-state index is -4.24. The summed E-state index contributed by atoms with van der Waals surface area (Å²) in [5.41, 5.74) is 0.429. The number of hydrogen-bond acceptors (Lipinski definition) is 7. The minimum absolute atomic E-state index is 0.101. The van der Waals surface area contributed by atoms with E-state index in [0.29, 0.717) is 9.99 Å². The number of methoxy groups -OCH3 is 1. The van der Waals surface area contributed by atoms with Crippen molar-refractivity contribution < 1.29 is 22.7 Å². The Kier molecular flexibility index (Phi) is 5.32. The highest BCUT2D eigenvalue weighted by atomic mass is 32.2. The number of carbonyl (C=O) groups is 2. The number of nitrogens with one attached hydrogen (secondary N) is 1. The van der Waals surface area contributed by atoms with Gasteiger partial charge in [-0.3, -0.25) is 9.59 Å². The predicted octanol–water partition coefficient (Wildman–Crippen LogP) is 1.19. The van der Waals surface area contributed by atoms with E-state index in [4.69, 9.17) is 4.74 Å². The molecule has 0 fully saturated rings. The van der Waals surface area contributed by atoms with Gasteiger partial charge in [0.05, 0.1) is 12.0 Å². The lowest BCUT2D eigenvalue weighted by atomic mass is 10.3. The van der Waals surface area contributed by atoms with Gasteiger partial charge in [0.2, 0.25) is 17.6 Å². The van der Waals surface area contributed by atoms with E-state index in [1.165, 1.54) is 50.7 Å². The zero-order chi connectivity index (χ0) is 18.6. The summed E-state index contributed by atoms with van der Waals surface area (Å²) in [6, 6.07) is 5.39. The van der Waals surface area contributed by atoms with Crippen LogP contribution in [0.4, 0.5) is 11.5 Å². The van der Waals surface area contributed by atoms with E-state index in [1.54, 1.807) is 0 Å². The summed E-state index contributed by atoms with van der Waals surface area (Å²) in [4.78, 5) is 30.7. The van der Waals surface area contributed by atoms with Crippen molar-refractivity contribution in [3.63, 3.8) is 0 Å². The Morgan fingerprint density at radius 2 is 1.68 bits per heavy atom. The van der Waals surface area contributed by atoms with Crippen LogP contribution in [0.1, 0.15) is 13.8 Å². The number of hydrogen-bond donors (Lipinski definition) is 1. The van der Waals surface area contributed by atoms with Crippen LogP contribution < -0.4 is 14.4 Å². The van der Waals surface area contributed by atoms with E-state index >= 15 is 0 Å². The van der Waals surface area contributed by atoms with E-state index in [2.05, 4.69) is 15.3 Å². The molecule has 1 aromatic carbocycles. The number of sulfonamides is 1. The van der Waals surface area contributed by atoms with Crippen molar-refractivity contribution in [2.75, 3.05) is 16.7 Å². The molecule has 0 spiro atoms. The van der Waals surface area contributed by atoms with Crippen molar-refractivity contribution in [1.82, 2.24) is 9.97 Å². The summed E-state index contributed by atoms with van der Waals surface area (Å²) < 4.78 is 31.3. The maximum absolute atomic E-state index is 12.9. The van der Waals surface area contributed by atoms with Gasteiger partial charge in [-0.1, -0.05) is 0 Å². The Hall–Kier alpha value is -3.01. The third-order valence-corrected chi connectivity index (χ3v) is 4.81. The molecular weight excluding hydrogens is 348 g/mol. The number of amides is 2. The normalized spacial score (nSPS) is 10.8. The van der Waals surface area contributed by atoms with Crippen molar-refractivity contribution >= 4 is 33.3 Å². The third-order valence-electron chi connectivity index (χ3n) is 3.03. The smallest absolute Gasteiger partial charge is 0.272 e. The standard InChI is InChI=1S/C15H16N4O5S/c1-10(20)18-12-4-6-13(7-5-12)25(22,23)19(11(2)21)14-15(24-3)17-9-8-16-14/h4-9H,1-3H3,(H,18,20). The van der Waals surface area contributed by atoms with Crippen LogP contribution in [0.3, 0.4) is 0 Å². The van der Waals surface area contributed by atoms with Crippen molar-refractivity contribution in [2.24, 2.45) is 0 Å². The number of benzene rings is 1. The van der Waals surface area contributed by atoms with Gasteiger partial charge in [-0.15, -0.1) is 0 Å². The molecule has 0 aliphatic heterocycles. The summed E-state index contributed by atoms with van der Waals surface area (Å²) in [5, 5.41) is 2.53. The zero-order valence-electron chi connectivity index (χ0n) is 13.8. The van der Waals surface area contributed by atoms with Crippen molar-refractivity contribution in [1.29, 1.82) is 0 Å². The highest BCUT2D eigenvalue weighted by molar-refractivity contribution is 7.93. The van der Waals surface area contributed by atoms with Gasteiger partial charge in [-0.25, -0.2) is 18.4 Å². The van der Waals surface area contributed by atoms with E-state index in [0.717, 1.165) is 6.92 Å². The van der Waals surface area contributed by atoms with Gasteiger partial charge < -0.3 is 10.1 Å². The van der Waals surface area contributed by atoms with E-state index in [1.807, 2.05) is 0 Å². The quantitative estimate of drug-likeness (QED) is 0.846. The first-order chi connectivity index (χ1) is 11.8. The molecule has 0 aliphatic carbocycles. The molecular formula is C15H16N4O5S. The SMILES string of the molecule is COc1nccnc1N(C(C)=O)S(=O)(=O)c1ccc(NC(C)=O)cc1. The molecule has 1 aromatic heterocycles. The fraction of sp³-hybridized carbons (Fsp3) is 0.200. The van der Waals surface area contributed by atoms with Crippen LogP contribution >= 0.6 is 0 Å². The lowest BCUT2D eigenvalue weighted by molar-refractivity contribution is -0.115. The molecule has 0 radical (unpaired) electrons. The maximum Gasteiger partial charge on any atom is 0.272 e. The molecule has 0 saturated carbocycles. The van der Waals surface area contributed by atoms with Gasteiger partial charge in [0.25, 0.3) is 15.9 Å². The second kappa shape index (κ2) is 7.26. The molecule has 0 aliphatic rings. The number of rotatable bonds is 5. The van der Waals surface area contributed by atoms with Gasteiger partial charge in [0.1, 0.15) is 0 Å². The van der Waals surface area contributed by atoms with E-state index < -0.39 is 15.9 Å². The fourth-order valence-electron chi connectivity index (χ4n) is 2.05. The predicted molar refractivity (Wildman–Crippen MR) is 89.7 cm³/mol. The van der Waals surface area contributed by atoms with Crippen molar-refractivity contribution in [2.45, 2.75) is 18.7 Å². The van der Waals surface area contributed by atoms with Crippen LogP contribution in [0.15, 0.2) is 41.6 Å². The molecule has 1 heterocycles. The van der Waals surface area contributed by atoms with Crippen LogP contribution in [0.2, 0.25) is 0 Å². The van der Waals surface area contributed by atoms with Crippen LogP contribution in [-0.2, 0) is 19.6 Å². The summed E-state index contributed by atoms with van der Waals surface area (Å²) >= 11 is 0. The Labute approximate surface area is 144 Å². The summed E-state index contributed by atoms with van der Waals surface area (Å²) in [7, 11) is -2.95. The van der Waals surface area contributed by atoms with Gasteiger partial charge in [0, 0.05) is 31.9 Å². The number of aromatic nitrogens is 2. The molecule has 10 heteroatoms. The molecule has 2 aromatic rings. The average molecular weight is 364 g/mol. The monoisotopic (exact) mass is 364 g/mol. The molecule has 1 N–H and O–H groups in total. The maximum atomic E-state index is 12.9. The van der Waals surface area contributed by atoms with E-state index in [-0.39, 0.29) is 22.5 Å². The van der Waals surface area contributed by atoms with Crippen LogP contribution in [0.25, 0.3) is 0 Å². The van der Waals surface area contributed by atoms with Crippen molar-refractivity contribution in [3.05, 3.63) is 36.7 Å². The second-order valence-corrected chi connectivity index (χ2v) is 6.67. The van der Waals surface area contributed by atoms with Crippen LogP contribution in [0.5, 0.6) is 5.88 Å². The first-order valence-electron chi connectivity index (χ1n) is 7.06. The number of carbonyl (C=O) groups excluding carboxylic acids is 2. The molecule has 2 rings (SSSR count). The molecule has 9 nitrogen and oxygen atoms in total. The molecule has 25 heavy (non-hydrogen) atoms. The molecule has 2 amide bonds. The Bertz CT molecular complexity index is 896. The lowest BCUT2D eigenvalue weighted by Crippen LogP contribution is -2.36. The highest BCUT2D eigenvalue weighted by Crippen LogP contribution is 2.28. The zero-order valence-corrected chi connectivity index (χ0v) is 14.6. The topological polar surface area (TPSA) is 119 Å². The first-order valence-corrected chi connectivity index (χ1v) is 8.50. The van der Waals surface area contributed by atoms with Crippen molar-refractivity contribution in [3.8, 4) is 5.88 Å². The van der Waals surface area contributed by atoms with Gasteiger partial charge in [0.15, 0.2) is 0 Å². The highest BCUT2D eigenvalue weighted by Gasteiger charge is 2.32. The molecule has 0 saturated heterocycles. The van der Waals surface area contributed by atoms with Crippen LogP contribution in [0, 0.1) is 0 Å². The fourth-order valence-corrected chi connectivity index (χ4v) is 3.43. The van der Waals surface area contributed by atoms with Crippen LogP contribution in [-0.4, -0.2) is 37.3 Å². The Morgan fingerprint density at radius 3 is 2.20 bits per heavy atom. The largest absolute Gasteiger partial charge is 0.478 e. The number of nitrogens with zero attached hydrogens (tertiary/aromatic N) is 3. The second-order valence-electron chi connectivity index (χ2n) is 4.88.